The fraction of sp³-hybridized carbons (Fsp3) is 0.714. The van der Waals surface area contributed by atoms with Gasteiger partial charge < -0.3 is 26.2 Å². The number of hydrogen-bond acceptors (Lipinski definition) is 7. The van der Waals surface area contributed by atoms with Crippen LogP contribution in [0.25, 0.3) is 0 Å². The van der Waals surface area contributed by atoms with E-state index < -0.39 is 31.0 Å². The molecule has 0 aromatic heterocycles. The first kappa shape index (κ1) is 11.1. The van der Waals surface area contributed by atoms with Crippen LogP contribution in [0.3, 0.4) is 0 Å². The first-order valence-electron chi connectivity index (χ1n) is 4.08. The van der Waals surface area contributed by atoms with Crippen LogP contribution in [0.15, 0.2) is 9.98 Å². The molecule has 0 amide bonds. The molecule has 1 heterocycles. The average Bonchev–Trinajstić information content (AvgIpc) is 2.61. The Balaban J connectivity index is 2.57. The molecule has 1 aliphatic heterocycles. The van der Waals surface area contributed by atoms with E-state index in [1.54, 1.807) is 0 Å². The van der Waals surface area contributed by atoms with Crippen molar-refractivity contribution in [1.29, 1.82) is 0 Å². The average molecular weight is 203 g/mol. The van der Waals surface area contributed by atoms with Gasteiger partial charge in [0, 0.05) is 6.21 Å². The van der Waals surface area contributed by atoms with Crippen molar-refractivity contribution in [3.63, 3.8) is 0 Å². The quantitative estimate of drug-likeness (QED) is 0.329. The Morgan fingerprint density at radius 3 is 2.50 bits per heavy atom. The van der Waals surface area contributed by atoms with Crippen molar-refractivity contribution in [1.82, 2.24) is 0 Å². The van der Waals surface area contributed by atoms with Crippen LogP contribution in [-0.2, 0) is 0 Å². The number of rotatable bonds is 4. The van der Waals surface area contributed by atoms with Crippen LogP contribution in [-0.4, -0.2) is 63.6 Å². The Labute approximate surface area is 80.2 Å². The maximum atomic E-state index is 9.46. The smallest absolute Gasteiger partial charge is 0.215 e. The normalized spacial score (nSPS) is 27.1. The number of guanidine groups is 1. The van der Waals surface area contributed by atoms with Crippen LogP contribution in [0.1, 0.15) is 0 Å². The van der Waals surface area contributed by atoms with E-state index in [2.05, 4.69) is 9.98 Å². The highest BCUT2D eigenvalue weighted by molar-refractivity contribution is 5.93. The lowest BCUT2D eigenvalue weighted by Crippen LogP contribution is -2.45. The lowest BCUT2D eigenvalue weighted by atomic mass is 10.0. The van der Waals surface area contributed by atoms with Gasteiger partial charge in [0.15, 0.2) is 0 Å². The van der Waals surface area contributed by atoms with E-state index >= 15 is 0 Å². The Hall–Kier alpha value is -1.02. The van der Waals surface area contributed by atoms with Crippen LogP contribution < -0.4 is 5.73 Å². The summed E-state index contributed by atoms with van der Waals surface area (Å²) < 4.78 is 0. The molecule has 0 saturated carbocycles. The highest BCUT2D eigenvalue weighted by atomic mass is 16.4. The van der Waals surface area contributed by atoms with Gasteiger partial charge in [0.05, 0.1) is 6.61 Å². The number of aliphatic imine (C=N–C) groups is 2. The lowest BCUT2D eigenvalue weighted by Gasteiger charge is -2.22. The Morgan fingerprint density at radius 2 is 2.07 bits per heavy atom. The van der Waals surface area contributed by atoms with Gasteiger partial charge in [0.25, 0.3) is 0 Å². The molecule has 0 aromatic rings. The standard InChI is InChI=1S/C7H13N3O4/c8-7-9-1-3(10-7)5(13)6(14)4(12)2-11/h1,3-6,11-14H,2H2,(H2,8,10)/t3-,4-,5+,6-/m1/s1. The van der Waals surface area contributed by atoms with Gasteiger partial charge in [0.1, 0.15) is 24.4 Å². The summed E-state index contributed by atoms with van der Waals surface area (Å²) in [6.07, 6.45) is -2.95. The number of hydrogen-bond donors (Lipinski definition) is 5. The first-order chi connectivity index (χ1) is 6.56. The summed E-state index contributed by atoms with van der Waals surface area (Å²) in [7, 11) is 0. The molecule has 0 spiro atoms. The number of nitrogens with zero attached hydrogens (tertiary/aromatic N) is 2. The molecular weight excluding hydrogens is 190 g/mol. The highest BCUT2D eigenvalue weighted by Gasteiger charge is 2.31. The van der Waals surface area contributed by atoms with Gasteiger partial charge >= 0.3 is 0 Å². The van der Waals surface area contributed by atoms with Crippen LogP contribution in [0.5, 0.6) is 0 Å². The minimum atomic E-state index is -1.48. The minimum absolute atomic E-state index is 0.0136. The van der Waals surface area contributed by atoms with Crippen molar-refractivity contribution in [2.24, 2.45) is 15.7 Å². The monoisotopic (exact) mass is 203 g/mol. The van der Waals surface area contributed by atoms with Gasteiger partial charge in [-0.05, 0) is 0 Å². The molecule has 80 valence electrons. The van der Waals surface area contributed by atoms with Crippen molar-refractivity contribution >= 4 is 12.2 Å². The fourth-order valence-corrected chi connectivity index (χ4v) is 1.07. The van der Waals surface area contributed by atoms with Crippen LogP contribution in [0.4, 0.5) is 0 Å². The Kier molecular flexibility index (Phi) is 3.53. The summed E-state index contributed by atoms with van der Waals surface area (Å²) in [4.78, 5) is 7.29. The van der Waals surface area contributed by atoms with Crippen LogP contribution in [0, 0.1) is 0 Å². The Bertz CT molecular complexity index is 255. The molecule has 0 saturated heterocycles. The third-order valence-corrected chi connectivity index (χ3v) is 1.92. The second-order valence-corrected chi connectivity index (χ2v) is 2.99. The SMILES string of the molecule is NC1=N[C@@H]([C@H](O)[C@H](O)[C@H](O)CO)C=N1. The van der Waals surface area contributed by atoms with E-state index in [0.29, 0.717) is 0 Å². The maximum Gasteiger partial charge on any atom is 0.215 e. The summed E-state index contributed by atoms with van der Waals surface area (Å²) in [5.41, 5.74) is 5.22. The molecule has 0 bridgehead atoms. The Morgan fingerprint density at radius 1 is 1.43 bits per heavy atom. The van der Waals surface area contributed by atoms with Crippen LogP contribution >= 0.6 is 0 Å². The van der Waals surface area contributed by atoms with E-state index in [-0.39, 0.29) is 5.96 Å². The zero-order valence-electron chi connectivity index (χ0n) is 7.35. The van der Waals surface area contributed by atoms with Gasteiger partial charge in [-0.25, -0.2) is 9.98 Å². The topological polar surface area (TPSA) is 132 Å². The van der Waals surface area contributed by atoms with Gasteiger partial charge in [0.2, 0.25) is 5.96 Å². The molecule has 7 heteroatoms. The van der Waals surface area contributed by atoms with Crippen molar-refractivity contribution in [3.05, 3.63) is 0 Å². The van der Waals surface area contributed by atoms with E-state index in [4.69, 9.17) is 15.9 Å². The van der Waals surface area contributed by atoms with Crippen LogP contribution in [0.2, 0.25) is 0 Å². The summed E-state index contributed by atoms with van der Waals surface area (Å²) in [6.45, 7) is -0.638. The molecule has 4 atom stereocenters. The van der Waals surface area contributed by atoms with Gasteiger partial charge in [-0.2, -0.15) is 0 Å². The molecule has 1 rings (SSSR count). The second-order valence-electron chi connectivity index (χ2n) is 2.99. The first-order valence-corrected chi connectivity index (χ1v) is 4.08. The molecule has 0 unspecified atom stereocenters. The zero-order chi connectivity index (χ0) is 10.7. The molecule has 14 heavy (non-hydrogen) atoms. The van der Waals surface area contributed by atoms with E-state index in [1.165, 1.54) is 6.21 Å². The number of aliphatic hydroxyl groups excluding tert-OH is 4. The van der Waals surface area contributed by atoms with Crippen molar-refractivity contribution in [3.8, 4) is 0 Å². The third kappa shape index (κ3) is 2.26. The van der Waals surface area contributed by atoms with Crippen molar-refractivity contribution in [2.75, 3.05) is 6.61 Å². The summed E-state index contributed by atoms with van der Waals surface area (Å²) in [6, 6.07) is -0.772. The molecular formula is C7H13N3O4. The van der Waals surface area contributed by atoms with Crippen molar-refractivity contribution in [2.45, 2.75) is 24.4 Å². The molecule has 7 nitrogen and oxygen atoms in total. The second kappa shape index (κ2) is 4.47. The third-order valence-electron chi connectivity index (χ3n) is 1.92. The predicted octanol–water partition coefficient (Wildman–Crippen LogP) is -3.17. The van der Waals surface area contributed by atoms with E-state index in [0.717, 1.165) is 0 Å². The summed E-state index contributed by atoms with van der Waals surface area (Å²) >= 11 is 0. The minimum Gasteiger partial charge on any atom is -0.394 e. The molecule has 1 aliphatic rings. The highest BCUT2D eigenvalue weighted by Crippen LogP contribution is 2.09. The largest absolute Gasteiger partial charge is 0.394 e. The molecule has 0 aliphatic carbocycles. The predicted molar refractivity (Wildman–Crippen MR) is 49.0 cm³/mol. The fourth-order valence-electron chi connectivity index (χ4n) is 1.07. The van der Waals surface area contributed by atoms with E-state index in [9.17, 15) is 10.2 Å². The number of aliphatic hydroxyl groups is 4. The van der Waals surface area contributed by atoms with E-state index in [1.807, 2.05) is 0 Å². The molecule has 0 radical (unpaired) electrons. The zero-order valence-corrected chi connectivity index (χ0v) is 7.35. The maximum absolute atomic E-state index is 9.46. The molecule has 0 fully saturated rings. The van der Waals surface area contributed by atoms with Gasteiger partial charge in [-0.15, -0.1) is 0 Å². The van der Waals surface area contributed by atoms with Crippen molar-refractivity contribution < 1.29 is 20.4 Å². The summed E-state index contributed by atoms with van der Waals surface area (Å²) in [5.74, 6) is 0.0136. The number of nitrogens with two attached hydrogens (primary N) is 1. The van der Waals surface area contributed by atoms with Gasteiger partial charge in [-0.1, -0.05) is 0 Å². The van der Waals surface area contributed by atoms with Gasteiger partial charge in [-0.3, -0.25) is 0 Å². The molecule has 6 N–H and O–H groups in total. The molecule has 0 aromatic carbocycles. The summed E-state index contributed by atoms with van der Waals surface area (Å²) in [5, 5.41) is 36.3. The lowest BCUT2D eigenvalue weighted by molar-refractivity contribution is -0.0767.